The maximum absolute atomic E-state index is 12.8. The molecule has 10 heteroatoms. The van der Waals surface area contributed by atoms with E-state index in [1.165, 1.54) is 0 Å². The van der Waals surface area contributed by atoms with Gasteiger partial charge < -0.3 is 14.4 Å². The van der Waals surface area contributed by atoms with Gasteiger partial charge in [0.05, 0.1) is 23.1 Å². The van der Waals surface area contributed by atoms with Crippen molar-refractivity contribution in [1.82, 2.24) is 4.90 Å². The smallest absolute Gasteiger partial charge is 0.306 e. The van der Waals surface area contributed by atoms with Crippen molar-refractivity contribution in [3.05, 3.63) is 28.2 Å². The average Bonchev–Trinajstić information content (AvgIpc) is 3.35. The van der Waals surface area contributed by atoms with Crippen molar-refractivity contribution in [2.45, 2.75) is 57.0 Å². The maximum atomic E-state index is 12.8. The van der Waals surface area contributed by atoms with E-state index in [9.17, 15) is 18.0 Å². The molecule has 1 amide bonds. The van der Waals surface area contributed by atoms with Crippen molar-refractivity contribution in [3.63, 3.8) is 0 Å². The molecule has 172 valence electrons. The summed E-state index contributed by atoms with van der Waals surface area (Å²) >= 11 is 11.9. The van der Waals surface area contributed by atoms with Crippen molar-refractivity contribution in [2.75, 3.05) is 24.7 Å². The summed E-state index contributed by atoms with van der Waals surface area (Å²) in [6, 6.07) is 4.60. The summed E-state index contributed by atoms with van der Waals surface area (Å²) in [5.41, 5.74) is 0. The van der Waals surface area contributed by atoms with Crippen LogP contribution in [0, 0.1) is 0 Å². The van der Waals surface area contributed by atoms with Gasteiger partial charge in [-0.2, -0.15) is 0 Å². The van der Waals surface area contributed by atoms with Crippen LogP contribution in [-0.4, -0.2) is 62.0 Å². The molecule has 1 saturated heterocycles. The van der Waals surface area contributed by atoms with E-state index in [0.717, 1.165) is 25.7 Å². The molecule has 2 fully saturated rings. The molecule has 0 spiro atoms. The fraction of sp³-hybridized carbons (Fsp3) is 0.619. The van der Waals surface area contributed by atoms with Crippen LogP contribution in [0.15, 0.2) is 18.2 Å². The summed E-state index contributed by atoms with van der Waals surface area (Å²) < 4.78 is 34.5. The van der Waals surface area contributed by atoms with Gasteiger partial charge in [-0.1, -0.05) is 36.0 Å². The molecule has 0 bridgehead atoms. The van der Waals surface area contributed by atoms with E-state index in [-0.39, 0.29) is 49.1 Å². The number of carbonyl (C=O) groups is 2. The molecule has 1 aromatic rings. The molecule has 1 atom stereocenters. The minimum Gasteiger partial charge on any atom is -0.492 e. The molecule has 2 aliphatic rings. The Morgan fingerprint density at radius 1 is 1.10 bits per heavy atom. The maximum Gasteiger partial charge on any atom is 0.306 e. The quantitative estimate of drug-likeness (QED) is 0.386. The third-order valence-corrected chi connectivity index (χ3v) is 7.92. The minimum atomic E-state index is -3.11. The highest BCUT2D eigenvalue weighted by Crippen LogP contribution is 2.29. The van der Waals surface area contributed by atoms with Gasteiger partial charge in [0.25, 0.3) is 5.91 Å². The number of ether oxygens (including phenoxy) is 2. The van der Waals surface area contributed by atoms with E-state index in [0.29, 0.717) is 28.6 Å². The molecule has 1 aliphatic carbocycles. The van der Waals surface area contributed by atoms with E-state index in [2.05, 4.69) is 0 Å². The number of nitrogens with zero attached hydrogens (tertiary/aromatic N) is 1. The van der Waals surface area contributed by atoms with Crippen molar-refractivity contribution >= 4 is 44.9 Å². The normalized spacial score (nSPS) is 20.5. The number of halogens is 2. The van der Waals surface area contributed by atoms with E-state index >= 15 is 0 Å². The van der Waals surface area contributed by atoms with Crippen LogP contribution in [0.5, 0.6) is 5.75 Å². The Morgan fingerprint density at radius 2 is 1.84 bits per heavy atom. The van der Waals surface area contributed by atoms with Crippen molar-refractivity contribution in [3.8, 4) is 5.75 Å². The predicted molar refractivity (Wildman–Crippen MR) is 118 cm³/mol. The largest absolute Gasteiger partial charge is 0.492 e. The molecule has 1 aromatic carbocycles. The van der Waals surface area contributed by atoms with Crippen LogP contribution in [0.25, 0.3) is 0 Å². The first kappa shape index (κ1) is 24.1. The molecule has 0 radical (unpaired) electrons. The van der Waals surface area contributed by atoms with Gasteiger partial charge in [-0.3, -0.25) is 9.59 Å². The van der Waals surface area contributed by atoms with Gasteiger partial charge in [-0.15, -0.1) is 0 Å². The lowest BCUT2D eigenvalue weighted by Gasteiger charge is -2.33. The summed E-state index contributed by atoms with van der Waals surface area (Å²) in [5.74, 6) is -0.233. The zero-order valence-electron chi connectivity index (χ0n) is 17.2. The van der Waals surface area contributed by atoms with Crippen LogP contribution < -0.4 is 4.74 Å². The van der Waals surface area contributed by atoms with E-state index in [1.807, 2.05) is 0 Å². The Labute approximate surface area is 192 Å². The minimum absolute atomic E-state index is 0.00617. The molecule has 0 aromatic heterocycles. The fourth-order valence-electron chi connectivity index (χ4n) is 4.16. The summed E-state index contributed by atoms with van der Waals surface area (Å²) in [6.07, 6.45) is 4.71. The molecule has 7 nitrogen and oxygen atoms in total. The Balaban J connectivity index is 1.43. The Kier molecular flexibility index (Phi) is 8.47. The lowest BCUT2D eigenvalue weighted by molar-refractivity contribution is -0.154. The van der Waals surface area contributed by atoms with Gasteiger partial charge in [0.2, 0.25) is 0 Å². The average molecular weight is 492 g/mol. The molecule has 1 saturated carbocycles. The van der Waals surface area contributed by atoms with E-state index < -0.39 is 15.8 Å². The number of rotatable bonds is 9. The summed E-state index contributed by atoms with van der Waals surface area (Å²) in [6.45, 7) is -0.103. The van der Waals surface area contributed by atoms with Crippen LogP contribution in [0.2, 0.25) is 10.0 Å². The Hall–Kier alpha value is -1.51. The number of benzene rings is 1. The number of amides is 1. The molecule has 31 heavy (non-hydrogen) atoms. The molecular formula is C21H27Cl2NO6S. The van der Waals surface area contributed by atoms with Crippen LogP contribution >= 0.6 is 23.2 Å². The molecule has 3 rings (SSSR count). The lowest BCUT2D eigenvalue weighted by atomic mass is 10.1. The highest BCUT2D eigenvalue weighted by Gasteiger charge is 2.39. The molecule has 1 unspecified atom stereocenters. The predicted octanol–water partition coefficient (Wildman–Crippen LogP) is 3.65. The Morgan fingerprint density at radius 3 is 2.48 bits per heavy atom. The first-order valence-electron chi connectivity index (χ1n) is 10.5. The highest BCUT2D eigenvalue weighted by atomic mass is 35.5. The van der Waals surface area contributed by atoms with Gasteiger partial charge in [-0.25, -0.2) is 8.42 Å². The number of esters is 1. The van der Waals surface area contributed by atoms with Crippen molar-refractivity contribution in [1.29, 1.82) is 0 Å². The van der Waals surface area contributed by atoms with Gasteiger partial charge in [-0.05, 0) is 43.9 Å². The summed E-state index contributed by atoms with van der Waals surface area (Å²) in [5, 5.41) is 0.897. The number of sulfone groups is 1. The van der Waals surface area contributed by atoms with Gasteiger partial charge in [0.1, 0.15) is 5.75 Å². The third kappa shape index (κ3) is 6.99. The monoisotopic (exact) mass is 491 g/mol. The molecular weight excluding hydrogens is 465 g/mol. The molecule has 1 aliphatic heterocycles. The van der Waals surface area contributed by atoms with Gasteiger partial charge >= 0.3 is 5.97 Å². The van der Waals surface area contributed by atoms with Crippen LogP contribution in [0.4, 0.5) is 0 Å². The fourth-order valence-corrected chi connectivity index (χ4v) is 6.34. The second kappa shape index (κ2) is 10.9. The van der Waals surface area contributed by atoms with Gasteiger partial charge in [0.15, 0.2) is 16.4 Å². The summed E-state index contributed by atoms with van der Waals surface area (Å²) in [7, 11) is -3.11. The van der Waals surface area contributed by atoms with Crippen molar-refractivity contribution < 1.29 is 27.5 Å². The second-order valence-electron chi connectivity index (χ2n) is 7.98. The van der Waals surface area contributed by atoms with Crippen molar-refractivity contribution in [2.24, 2.45) is 0 Å². The zero-order chi connectivity index (χ0) is 22.4. The lowest BCUT2D eigenvalue weighted by Crippen LogP contribution is -2.48. The number of hydrogen-bond donors (Lipinski definition) is 0. The van der Waals surface area contributed by atoms with Crippen LogP contribution in [0.3, 0.4) is 0 Å². The number of carbonyl (C=O) groups excluding carboxylic acids is 2. The second-order valence-corrected chi connectivity index (χ2v) is 11.1. The van der Waals surface area contributed by atoms with Crippen LogP contribution in [-0.2, 0) is 24.2 Å². The Bertz CT molecular complexity index is 901. The first-order valence-corrected chi connectivity index (χ1v) is 13.1. The van der Waals surface area contributed by atoms with E-state index in [1.54, 1.807) is 23.1 Å². The summed E-state index contributed by atoms with van der Waals surface area (Å²) in [4.78, 5) is 26.5. The third-order valence-electron chi connectivity index (χ3n) is 5.64. The van der Waals surface area contributed by atoms with E-state index in [4.69, 9.17) is 32.7 Å². The SMILES string of the molecule is O=C(CCCOc1ccc(Cl)cc1Cl)OCC(=O)N(C1CCCC1)C1CCS(=O)(=O)C1. The molecule has 1 heterocycles. The van der Waals surface area contributed by atoms with Crippen LogP contribution in [0.1, 0.15) is 44.9 Å². The molecule has 0 N–H and O–H groups in total. The zero-order valence-corrected chi connectivity index (χ0v) is 19.6. The number of hydrogen-bond acceptors (Lipinski definition) is 6. The first-order chi connectivity index (χ1) is 14.7. The standard InChI is InChI=1S/C21H27Cl2NO6S/c22-15-7-8-19(18(23)12-15)29-10-3-6-21(26)30-13-20(25)24(16-4-1-2-5-16)17-9-11-31(27,28)14-17/h7-8,12,16-17H,1-6,9-11,13-14H2. The topological polar surface area (TPSA) is 90.0 Å². The highest BCUT2D eigenvalue weighted by molar-refractivity contribution is 7.91. The van der Waals surface area contributed by atoms with Gasteiger partial charge in [0, 0.05) is 23.5 Å².